The largest absolute Gasteiger partial charge is 0.338 e. The van der Waals surface area contributed by atoms with Gasteiger partial charge in [0.1, 0.15) is 6.04 Å². The Kier molecular flexibility index (Phi) is 6.03. The summed E-state index contributed by atoms with van der Waals surface area (Å²) in [5, 5.41) is 0. The SMILES string of the molecule is CC(C(=O)N1CCN(CCN2CCCC2)CC1)N1C(=O)c2ccc(Br)cc2C1=O. The van der Waals surface area contributed by atoms with Gasteiger partial charge in [0.25, 0.3) is 11.8 Å². The maximum atomic E-state index is 13.0. The number of hydrogen-bond acceptors (Lipinski definition) is 5. The standard InChI is InChI=1S/C21H27BrN4O3/c1-15(26-20(28)17-5-4-16(22)14-18(17)21(26)29)19(27)25-12-10-24(11-13-25)9-8-23-6-2-3-7-23/h4-5,14-15H,2-3,6-13H2,1H3. The molecule has 1 aromatic rings. The minimum Gasteiger partial charge on any atom is -0.338 e. The Labute approximate surface area is 179 Å². The maximum Gasteiger partial charge on any atom is 0.262 e. The molecule has 2 saturated heterocycles. The second-order valence-corrected chi connectivity index (χ2v) is 8.98. The highest BCUT2D eigenvalue weighted by molar-refractivity contribution is 9.10. The number of rotatable bonds is 5. The van der Waals surface area contributed by atoms with E-state index in [2.05, 4.69) is 25.7 Å². The number of piperazine rings is 1. The van der Waals surface area contributed by atoms with E-state index < -0.39 is 11.9 Å². The van der Waals surface area contributed by atoms with Gasteiger partial charge in [0.15, 0.2) is 0 Å². The van der Waals surface area contributed by atoms with Crippen molar-refractivity contribution in [1.29, 1.82) is 0 Å². The van der Waals surface area contributed by atoms with Gasteiger partial charge < -0.3 is 9.80 Å². The first kappa shape index (κ1) is 20.5. The number of likely N-dealkylation sites (tertiary alicyclic amines) is 1. The summed E-state index contributed by atoms with van der Waals surface area (Å²) in [6, 6.07) is 4.22. The van der Waals surface area contributed by atoms with Crippen LogP contribution in [0, 0.1) is 0 Å². The topological polar surface area (TPSA) is 64.2 Å². The molecule has 0 saturated carbocycles. The van der Waals surface area contributed by atoms with Gasteiger partial charge in [0.2, 0.25) is 5.91 Å². The van der Waals surface area contributed by atoms with Gasteiger partial charge in [-0.15, -0.1) is 0 Å². The highest BCUT2D eigenvalue weighted by Crippen LogP contribution is 2.28. The number of amides is 3. The lowest BCUT2D eigenvalue weighted by Crippen LogP contribution is -2.55. The predicted molar refractivity (Wildman–Crippen MR) is 113 cm³/mol. The lowest BCUT2D eigenvalue weighted by molar-refractivity contribution is -0.136. The second-order valence-electron chi connectivity index (χ2n) is 8.06. The fraction of sp³-hybridized carbons (Fsp3) is 0.571. The van der Waals surface area contributed by atoms with Crippen LogP contribution < -0.4 is 0 Å². The number of benzene rings is 1. The van der Waals surface area contributed by atoms with Crippen molar-refractivity contribution < 1.29 is 14.4 Å². The van der Waals surface area contributed by atoms with Crippen LogP contribution in [0.1, 0.15) is 40.5 Å². The van der Waals surface area contributed by atoms with Crippen molar-refractivity contribution in [3.05, 3.63) is 33.8 Å². The van der Waals surface area contributed by atoms with E-state index in [1.165, 1.54) is 25.9 Å². The van der Waals surface area contributed by atoms with E-state index in [4.69, 9.17) is 0 Å². The molecule has 0 aliphatic carbocycles. The first-order chi connectivity index (χ1) is 14.0. The first-order valence-electron chi connectivity index (χ1n) is 10.4. The molecule has 2 fully saturated rings. The molecule has 0 bridgehead atoms. The van der Waals surface area contributed by atoms with Gasteiger partial charge in [-0.3, -0.25) is 24.2 Å². The van der Waals surface area contributed by atoms with Crippen LogP contribution >= 0.6 is 15.9 Å². The number of carbonyl (C=O) groups is 3. The Morgan fingerprint density at radius 1 is 0.931 bits per heavy atom. The molecule has 3 heterocycles. The Bertz CT molecular complexity index is 816. The van der Waals surface area contributed by atoms with Crippen molar-refractivity contribution in [1.82, 2.24) is 19.6 Å². The van der Waals surface area contributed by atoms with Crippen LogP contribution in [0.3, 0.4) is 0 Å². The summed E-state index contributed by atoms with van der Waals surface area (Å²) < 4.78 is 0.739. The van der Waals surface area contributed by atoms with Crippen LogP contribution in [0.4, 0.5) is 0 Å². The smallest absolute Gasteiger partial charge is 0.262 e. The summed E-state index contributed by atoms with van der Waals surface area (Å²) in [5.74, 6) is -0.934. The van der Waals surface area contributed by atoms with Crippen LogP contribution in [0.15, 0.2) is 22.7 Å². The average molecular weight is 463 g/mol. The van der Waals surface area contributed by atoms with Gasteiger partial charge in [-0.1, -0.05) is 15.9 Å². The quantitative estimate of drug-likeness (QED) is 0.622. The first-order valence-corrected chi connectivity index (χ1v) is 11.2. The van der Waals surface area contributed by atoms with E-state index in [9.17, 15) is 14.4 Å². The highest BCUT2D eigenvalue weighted by Gasteiger charge is 2.42. The summed E-state index contributed by atoms with van der Waals surface area (Å²) in [4.78, 5) is 46.3. The molecule has 1 aromatic carbocycles. The zero-order valence-electron chi connectivity index (χ0n) is 16.8. The van der Waals surface area contributed by atoms with E-state index in [1.807, 2.05) is 0 Å². The molecule has 3 amide bonds. The van der Waals surface area contributed by atoms with Crippen molar-refractivity contribution in [2.24, 2.45) is 0 Å². The Balaban J connectivity index is 1.33. The average Bonchev–Trinajstić information content (AvgIpc) is 3.33. The van der Waals surface area contributed by atoms with E-state index >= 15 is 0 Å². The van der Waals surface area contributed by atoms with Crippen LogP contribution in [0.2, 0.25) is 0 Å². The highest BCUT2D eigenvalue weighted by atomic mass is 79.9. The normalized spacial score (nSPS) is 21.7. The molecule has 8 heteroatoms. The fourth-order valence-electron chi connectivity index (χ4n) is 4.44. The molecular weight excluding hydrogens is 436 g/mol. The number of halogens is 1. The van der Waals surface area contributed by atoms with Crippen molar-refractivity contribution in [3.63, 3.8) is 0 Å². The van der Waals surface area contributed by atoms with Gasteiger partial charge in [0, 0.05) is 43.7 Å². The minimum atomic E-state index is -0.794. The van der Waals surface area contributed by atoms with Gasteiger partial charge in [-0.25, -0.2) is 0 Å². The van der Waals surface area contributed by atoms with Gasteiger partial charge in [-0.05, 0) is 51.1 Å². The molecule has 0 radical (unpaired) electrons. The molecule has 0 spiro atoms. The molecule has 156 valence electrons. The number of hydrogen-bond donors (Lipinski definition) is 0. The van der Waals surface area contributed by atoms with E-state index in [0.29, 0.717) is 24.2 Å². The van der Waals surface area contributed by atoms with Gasteiger partial charge in [0.05, 0.1) is 11.1 Å². The minimum absolute atomic E-state index is 0.155. The number of fused-ring (bicyclic) bond motifs is 1. The van der Waals surface area contributed by atoms with Crippen molar-refractivity contribution >= 4 is 33.7 Å². The molecule has 3 aliphatic heterocycles. The summed E-state index contributed by atoms with van der Waals surface area (Å²) in [7, 11) is 0. The Morgan fingerprint density at radius 3 is 2.17 bits per heavy atom. The molecule has 4 rings (SSSR count). The number of nitrogens with zero attached hydrogens (tertiary/aromatic N) is 4. The third kappa shape index (κ3) is 4.11. The van der Waals surface area contributed by atoms with Crippen LogP contribution in [-0.2, 0) is 4.79 Å². The van der Waals surface area contributed by atoms with Gasteiger partial charge >= 0.3 is 0 Å². The third-order valence-corrected chi connectivity index (χ3v) is 6.73. The predicted octanol–water partition coefficient (Wildman–Crippen LogP) is 1.67. The van der Waals surface area contributed by atoms with Crippen LogP contribution in [0.25, 0.3) is 0 Å². The Hall–Kier alpha value is -1.77. The van der Waals surface area contributed by atoms with Gasteiger partial charge in [-0.2, -0.15) is 0 Å². The summed E-state index contributed by atoms with van der Waals surface area (Å²) in [6.45, 7) is 9.12. The second kappa shape index (κ2) is 8.53. The maximum absolute atomic E-state index is 13.0. The molecule has 1 unspecified atom stereocenters. The molecule has 0 aromatic heterocycles. The molecule has 0 N–H and O–H groups in total. The third-order valence-electron chi connectivity index (χ3n) is 6.24. The monoisotopic (exact) mass is 462 g/mol. The van der Waals surface area contributed by atoms with Crippen LogP contribution in [0.5, 0.6) is 0 Å². The van der Waals surface area contributed by atoms with Crippen molar-refractivity contribution in [2.45, 2.75) is 25.8 Å². The summed E-state index contributed by atoms with van der Waals surface area (Å²) in [6.07, 6.45) is 2.60. The summed E-state index contributed by atoms with van der Waals surface area (Å²) >= 11 is 3.34. The molecule has 7 nitrogen and oxygen atoms in total. The molecule has 3 aliphatic rings. The van der Waals surface area contributed by atoms with Crippen LogP contribution in [-0.4, -0.2) is 95.7 Å². The summed E-state index contributed by atoms with van der Waals surface area (Å²) in [5.41, 5.74) is 0.723. The molecular formula is C21H27BrN4O3. The number of carbonyl (C=O) groups excluding carboxylic acids is 3. The number of imide groups is 1. The van der Waals surface area contributed by atoms with Crippen molar-refractivity contribution in [2.75, 3.05) is 52.4 Å². The molecule has 1 atom stereocenters. The lowest BCUT2D eigenvalue weighted by atomic mass is 10.1. The zero-order valence-corrected chi connectivity index (χ0v) is 18.4. The zero-order chi connectivity index (χ0) is 20.5. The fourth-order valence-corrected chi connectivity index (χ4v) is 4.80. The van der Waals surface area contributed by atoms with E-state index in [1.54, 1.807) is 30.0 Å². The van der Waals surface area contributed by atoms with Crippen molar-refractivity contribution in [3.8, 4) is 0 Å². The molecule has 29 heavy (non-hydrogen) atoms. The lowest BCUT2D eigenvalue weighted by Gasteiger charge is -2.37. The van der Waals surface area contributed by atoms with E-state index in [-0.39, 0.29) is 11.8 Å². The van der Waals surface area contributed by atoms with E-state index in [0.717, 1.165) is 35.6 Å². The Morgan fingerprint density at radius 2 is 1.52 bits per heavy atom.